The van der Waals surface area contributed by atoms with Crippen LogP contribution in [0.2, 0.25) is 0 Å². The lowest BCUT2D eigenvalue weighted by atomic mass is 9.77. The van der Waals surface area contributed by atoms with Gasteiger partial charge in [-0.3, -0.25) is 4.79 Å². The van der Waals surface area contributed by atoms with Crippen molar-refractivity contribution in [3.05, 3.63) is 0 Å². The van der Waals surface area contributed by atoms with Gasteiger partial charge in [0.1, 0.15) is 5.78 Å². The van der Waals surface area contributed by atoms with Crippen molar-refractivity contribution in [1.82, 2.24) is 0 Å². The Morgan fingerprint density at radius 1 is 1.06 bits per heavy atom. The number of hydrogen-bond acceptors (Lipinski definition) is 3. The molecule has 0 N–H and O–H groups in total. The summed E-state index contributed by atoms with van der Waals surface area (Å²) in [7, 11) is -2.93. The summed E-state index contributed by atoms with van der Waals surface area (Å²) >= 11 is 0. The van der Waals surface area contributed by atoms with Crippen LogP contribution in [0, 0.1) is 11.3 Å². The van der Waals surface area contributed by atoms with Crippen LogP contribution >= 0.6 is 0 Å². The highest BCUT2D eigenvalue weighted by molar-refractivity contribution is 7.92. The molecule has 2 aliphatic heterocycles. The van der Waals surface area contributed by atoms with Crippen molar-refractivity contribution in [2.24, 2.45) is 11.3 Å². The van der Waals surface area contributed by atoms with Crippen LogP contribution in [0.5, 0.6) is 0 Å². The predicted molar refractivity (Wildman–Crippen MR) is 67.5 cm³/mol. The van der Waals surface area contributed by atoms with Gasteiger partial charge in [0.2, 0.25) is 0 Å². The maximum Gasteiger partial charge on any atom is 0.156 e. The van der Waals surface area contributed by atoms with Crippen molar-refractivity contribution >= 4 is 15.6 Å². The van der Waals surface area contributed by atoms with Crippen molar-refractivity contribution in [3.8, 4) is 0 Å². The molecule has 2 fully saturated rings. The largest absolute Gasteiger partial charge is 0.299 e. The van der Waals surface area contributed by atoms with Gasteiger partial charge in [0.05, 0.1) is 10.5 Å². The van der Waals surface area contributed by atoms with E-state index in [4.69, 9.17) is 0 Å². The summed E-state index contributed by atoms with van der Waals surface area (Å²) in [6.45, 7) is 5.77. The van der Waals surface area contributed by atoms with E-state index >= 15 is 0 Å². The molecule has 0 aromatic carbocycles. The number of hydrogen-bond donors (Lipinski definition) is 0. The van der Waals surface area contributed by atoms with Crippen molar-refractivity contribution in [2.75, 3.05) is 0 Å². The molecule has 0 spiro atoms. The van der Waals surface area contributed by atoms with Gasteiger partial charge < -0.3 is 0 Å². The number of sulfone groups is 1. The summed E-state index contributed by atoms with van der Waals surface area (Å²) in [6.07, 6.45) is 3.65. The third-order valence-corrected chi connectivity index (χ3v) is 6.90. The molecule has 0 radical (unpaired) electrons. The second-order valence-electron chi connectivity index (χ2n) is 6.55. The molecule has 2 aliphatic rings. The van der Waals surface area contributed by atoms with Gasteiger partial charge in [-0.25, -0.2) is 8.42 Å². The van der Waals surface area contributed by atoms with E-state index in [0.717, 1.165) is 19.3 Å². The SMILES string of the molecule is CC(C)(C)C(=O)C1CC2CCCC(C1)S2(=O)=O. The van der Waals surface area contributed by atoms with Crippen molar-refractivity contribution in [3.63, 3.8) is 0 Å². The fourth-order valence-corrected chi connectivity index (χ4v) is 5.77. The monoisotopic (exact) mass is 258 g/mol. The summed E-state index contributed by atoms with van der Waals surface area (Å²) < 4.78 is 24.2. The van der Waals surface area contributed by atoms with Crippen LogP contribution < -0.4 is 0 Å². The summed E-state index contributed by atoms with van der Waals surface area (Å²) in [6, 6.07) is 0. The second-order valence-corrected chi connectivity index (χ2v) is 9.06. The number of ketones is 1. The summed E-state index contributed by atoms with van der Waals surface area (Å²) in [5, 5.41) is -0.488. The average molecular weight is 258 g/mol. The van der Waals surface area contributed by atoms with Crippen LogP contribution in [0.15, 0.2) is 0 Å². The molecule has 2 unspecified atom stereocenters. The molecule has 2 heterocycles. The highest BCUT2D eigenvalue weighted by Gasteiger charge is 2.47. The first-order valence-corrected chi connectivity index (χ1v) is 8.11. The van der Waals surface area contributed by atoms with Gasteiger partial charge in [-0.05, 0) is 25.7 Å². The van der Waals surface area contributed by atoms with E-state index in [9.17, 15) is 13.2 Å². The number of carbonyl (C=O) groups excluding carboxylic acids is 1. The Kier molecular flexibility index (Phi) is 3.13. The van der Waals surface area contributed by atoms with Gasteiger partial charge in [0, 0.05) is 11.3 Å². The quantitative estimate of drug-likeness (QED) is 0.725. The van der Waals surface area contributed by atoms with Gasteiger partial charge in [-0.15, -0.1) is 0 Å². The van der Waals surface area contributed by atoms with Gasteiger partial charge in [-0.1, -0.05) is 27.2 Å². The maximum absolute atomic E-state index is 12.3. The Labute approximate surface area is 104 Å². The van der Waals surface area contributed by atoms with Crippen molar-refractivity contribution < 1.29 is 13.2 Å². The predicted octanol–water partition coefficient (Wildman–Crippen LogP) is 2.35. The molecule has 4 heteroatoms. The van der Waals surface area contributed by atoms with Crippen LogP contribution in [-0.2, 0) is 14.6 Å². The normalized spacial score (nSPS) is 36.5. The molecule has 2 saturated heterocycles. The summed E-state index contributed by atoms with van der Waals surface area (Å²) in [5.74, 6) is 0.207. The molecular formula is C13H22O3S. The first kappa shape index (κ1) is 13.1. The standard InChI is InChI=1S/C13H22O3S/c1-13(2,3)12(14)9-7-10-5-4-6-11(8-9)17(10,15)16/h9-11H,4-8H2,1-3H3. The topological polar surface area (TPSA) is 51.2 Å². The summed E-state index contributed by atoms with van der Waals surface area (Å²) in [4.78, 5) is 12.3. The first-order chi connectivity index (χ1) is 7.73. The molecule has 2 atom stereocenters. The molecule has 0 aromatic rings. The molecule has 0 aromatic heterocycles. The zero-order chi connectivity index (χ0) is 12.8. The van der Waals surface area contributed by atoms with E-state index in [0.29, 0.717) is 12.8 Å². The Morgan fingerprint density at radius 2 is 1.53 bits per heavy atom. The van der Waals surface area contributed by atoms with E-state index in [1.54, 1.807) is 0 Å². The highest BCUT2D eigenvalue weighted by Crippen LogP contribution is 2.41. The molecule has 2 rings (SSSR count). The zero-order valence-electron chi connectivity index (χ0n) is 10.9. The minimum absolute atomic E-state index is 0.0335. The Morgan fingerprint density at radius 3 is 1.94 bits per heavy atom. The minimum atomic E-state index is -2.93. The molecule has 17 heavy (non-hydrogen) atoms. The molecule has 0 amide bonds. The average Bonchev–Trinajstić information content (AvgIpc) is 2.13. The van der Waals surface area contributed by atoms with Crippen LogP contribution in [0.1, 0.15) is 52.9 Å². The van der Waals surface area contributed by atoms with E-state index in [-0.39, 0.29) is 27.6 Å². The summed E-state index contributed by atoms with van der Waals surface area (Å²) in [5.41, 5.74) is -0.347. The van der Waals surface area contributed by atoms with Gasteiger partial charge in [0.15, 0.2) is 9.84 Å². The van der Waals surface area contributed by atoms with E-state index in [1.165, 1.54) is 0 Å². The molecule has 0 saturated carbocycles. The van der Waals surface area contributed by atoms with E-state index in [2.05, 4.69) is 0 Å². The Balaban J connectivity index is 2.20. The van der Waals surface area contributed by atoms with Crippen LogP contribution in [0.3, 0.4) is 0 Å². The maximum atomic E-state index is 12.3. The number of rotatable bonds is 1. The lowest BCUT2D eigenvalue weighted by molar-refractivity contribution is -0.131. The third-order valence-electron chi connectivity index (χ3n) is 4.19. The van der Waals surface area contributed by atoms with E-state index in [1.807, 2.05) is 20.8 Å². The van der Waals surface area contributed by atoms with Gasteiger partial charge >= 0.3 is 0 Å². The van der Waals surface area contributed by atoms with Crippen molar-refractivity contribution in [2.45, 2.75) is 63.4 Å². The van der Waals surface area contributed by atoms with Gasteiger partial charge in [-0.2, -0.15) is 0 Å². The highest BCUT2D eigenvalue weighted by atomic mass is 32.2. The van der Waals surface area contributed by atoms with Crippen LogP contribution in [-0.4, -0.2) is 24.7 Å². The number of fused-ring (bicyclic) bond motifs is 2. The van der Waals surface area contributed by atoms with E-state index < -0.39 is 9.84 Å². The number of Topliss-reactive ketones (excluding diaryl/α,β-unsaturated/α-hetero) is 1. The van der Waals surface area contributed by atoms with Crippen LogP contribution in [0.4, 0.5) is 0 Å². The third kappa shape index (κ3) is 2.28. The second kappa shape index (κ2) is 4.08. The molecule has 0 aliphatic carbocycles. The van der Waals surface area contributed by atoms with Gasteiger partial charge in [0.25, 0.3) is 0 Å². The lowest BCUT2D eigenvalue weighted by Crippen LogP contribution is -2.47. The molecular weight excluding hydrogens is 236 g/mol. The Hall–Kier alpha value is -0.380. The fourth-order valence-electron chi connectivity index (χ4n) is 3.24. The molecule has 3 nitrogen and oxygen atoms in total. The number of carbonyl (C=O) groups is 1. The molecule has 2 bridgehead atoms. The van der Waals surface area contributed by atoms with Crippen LogP contribution in [0.25, 0.3) is 0 Å². The zero-order valence-corrected chi connectivity index (χ0v) is 11.7. The Bertz CT molecular complexity index is 396. The fraction of sp³-hybridized carbons (Fsp3) is 0.923. The molecule has 98 valence electrons. The van der Waals surface area contributed by atoms with Crippen molar-refractivity contribution in [1.29, 1.82) is 0 Å². The minimum Gasteiger partial charge on any atom is -0.299 e. The first-order valence-electron chi connectivity index (χ1n) is 6.50. The smallest absolute Gasteiger partial charge is 0.156 e. The lowest BCUT2D eigenvalue weighted by Gasteiger charge is -2.39.